The second kappa shape index (κ2) is 7.54. The number of benzene rings is 2. The van der Waals surface area contributed by atoms with E-state index in [0.717, 1.165) is 0 Å². The lowest BCUT2D eigenvalue weighted by Crippen LogP contribution is -2.01. The Kier molecular flexibility index (Phi) is 5.71. The fourth-order valence-electron chi connectivity index (χ4n) is 1.66. The minimum absolute atomic E-state index is 0.0771. The van der Waals surface area contributed by atoms with Gasteiger partial charge < -0.3 is 9.47 Å². The molecule has 0 aromatic heterocycles. The van der Waals surface area contributed by atoms with Crippen molar-refractivity contribution in [3.05, 3.63) is 56.6 Å². The van der Waals surface area contributed by atoms with Crippen LogP contribution in [0.15, 0.2) is 36.4 Å². The van der Waals surface area contributed by atoms with Gasteiger partial charge in [0.1, 0.15) is 18.1 Å². The molecule has 0 N–H and O–H groups in total. The Balaban J connectivity index is 2.29. The normalized spacial score (nSPS) is 10.3. The van der Waals surface area contributed by atoms with Gasteiger partial charge in [-0.25, -0.2) is 0 Å². The van der Waals surface area contributed by atoms with Crippen LogP contribution in [0.1, 0.15) is 0 Å². The minimum Gasteiger partial charge on any atom is -0.485 e. The summed E-state index contributed by atoms with van der Waals surface area (Å²) in [5.41, 5.74) is -0.167. The highest BCUT2D eigenvalue weighted by molar-refractivity contribution is 6.35. The molecule has 0 unspecified atom stereocenters. The lowest BCUT2D eigenvalue weighted by molar-refractivity contribution is -0.385. The van der Waals surface area contributed by atoms with Crippen molar-refractivity contribution >= 4 is 40.5 Å². The van der Waals surface area contributed by atoms with Crippen LogP contribution in [0.4, 0.5) is 5.69 Å². The molecule has 0 aliphatic heterocycles. The highest BCUT2D eigenvalue weighted by Gasteiger charge is 2.17. The monoisotopic (exact) mass is 361 g/mol. The molecule has 0 amide bonds. The summed E-state index contributed by atoms with van der Waals surface area (Å²) in [4.78, 5) is 10.4. The Labute approximate surface area is 141 Å². The standard InChI is InChI=1S/C14H10Cl3NO4/c15-5-6-21-14-8-10(2-3-12(14)18(19)20)22-13-4-1-9(16)7-11(13)17/h1-4,7-8H,5-6H2. The van der Waals surface area contributed by atoms with E-state index in [1.54, 1.807) is 12.1 Å². The van der Waals surface area contributed by atoms with Gasteiger partial charge in [0.2, 0.25) is 5.75 Å². The fourth-order valence-corrected chi connectivity index (χ4v) is 2.18. The van der Waals surface area contributed by atoms with Crippen LogP contribution in [0.5, 0.6) is 17.2 Å². The summed E-state index contributed by atoms with van der Waals surface area (Å²) in [5, 5.41) is 11.8. The summed E-state index contributed by atoms with van der Waals surface area (Å²) in [7, 11) is 0. The zero-order valence-corrected chi connectivity index (χ0v) is 13.4. The average molecular weight is 363 g/mol. The first-order valence-electron chi connectivity index (χ1n) is 6.11. The second-order valence-electron chi connectivity index (χ2n) is 4.10. The van der Waals surface area contributed by atoms with Crippen LogP contribution in [-0.2, 0) is 0 Å². The van der Waals surface area contributed by atoms with E-state index in [1.165, 1.54) is 24.3 Å². The number of hydrogen-bond donors (Lipinski definition) is 0. The largest absolute Gasteiger partial charge is 0.485 e. The van der Waals surface area contributed by atoms with Crippen LogP contribution in [0.2, 0.25) is 10.0 Å². The van der Waals surface area contributed by atoms with Crippen molar-refractivity contribution in [2.45, 2.75) is 0 Å². The van der Waals surface area contributed by atoms with Gasteiger partial charge in [-0.15, -0.1) is 11.6 Å². The molecule has 116 valence electrons. The lowest BCUT2D eigenvalue weighted by Gasteiger charge is -2.10. The molecule has 0 aliphatic carbocycles. The molecule has 8 heteroatoms. The maximum atomic E-state index is 11.0. The fraction of sp³-hybridized carbons (Fsp3) is 0.143. The van der Waals surface area contributed by atoms with Crippen molar-refractivity contribution in [1.29, 1.82) is 0 Å². The molecule has 0 heterocycles. The lowest BCUT2D eigenvalue weighted by atomic mass is 10.2. The van der Waals surface area contributed by atoms with E-state index >= 15 is 0 Å². The quantitative estimate of drug-likeness (QED) is 0.397. The third-order valence-corrected chi connectivity index (χ3v) is 3.27. The summed E-state index contributed by atoms with van der Waals surface area (Å²) in [6, 6.07) is 8.92. The number of ether oxygens (including phenoxy) is 2. The van der Waals surface area contributed by atoms with Crippen LogP contribution >= 0.6 is 34.8 Å². The first kappa shape index (κ1) is 16.7. The number of nitro groups is 1. The van der Waals surface area contributed by atoms with Crippen molar-refractivity contribution in [2.75, 3.05) is 12.5 Å². The van der Waals surface area contributed by atoms with Gasteiger partial charge in [-0.2, -0.15) is 0 Å². The molecule has 2 aromatic carbocycles. The van der Waals surface area contributed by atoms with E-state index in [9.17, 15) is 10.1 Å². The molecule has 2 aromatic rings. The number of hydrogen-bond acceptors (Lipinski definition) is 4. The van der Waals surface area contributed by atoms with Gasteiger partial charge in [0, 0.05) is 17.2 Å². The van der Waals surface area contributed by atoms with E-state index in [0.29, 0.717) is 21.5 Å². The zero-order chi connectivity index (χ0) is 16.1. The SMILES string of the molecule is O=[N+]([O-])c1ccc(Oc2ccc(Cl)cc2Cl)cc1OCCCl. The molecule has 0 bridgehead atoms. The highest BCUT2D eigenvalue weighted by atomic mass is 35.5. The molecule has 2 rings (SSSR count). The molecular weight excluding hydrogens is 353 g/mol. The molecule has 0 aliphatic rings. The second-order valence-corrected chi connectivity index (χ2v) is 5.32. The zero-order valence-electron chi connectivity index (χ0n) is 11.1. The average Bonchev–Trinajstić information content (AvgIpc) is 2.48. The number of nitrogens with zero attached hydrogens (tertiary/aromatic N) is 1. The highest BCUT2D eigenvalue weighted by Crippen LogP contribution is 2.36. The first-order valence-corrected chi connectivity index (χ1v) is 7.40. The van der Waals surface area contributed by atoms with Gasteiger partial charge in [-0.3, -0.25) is 10.1 Å². The summed E-state index contributed by atoms with van der Waals surface area (Å²) in [6.07, 6.45) is 0. The predicted molar refractivity (Wildman–Crippen MR) is 85.8 cm³/mol. The maximum Gasteiger partial charge on any atom is 0.311 e. The van der Waals surface area contributed by atoms with E-state index in [2.05, 4.69) is 0 Å². The smallest absolute Gasteiger partial charge is 0.311 e. The predicted octanol–water partition coefficient (Wildman–Crippen LogP) is 5.31. The number of rotatable bonds is 6. The van der Waals surface area contributed by atoms with Crippen LogP contribution in [0, 0.1) is 10.1 Å². The molecule has 0 radical (unpaired) electrons. The summed E-state index contributed by atoms with van der Waals surface area (Å²) in [5.74, 6) is 1.02. The Hall–Kier alpha value is -1.69. The number of alkyl halides is 1. The van der Waals surface area contributed by atoms with E-state index < -0.39 is 4.92 Å². The molecule has 0 saturated heterocycles. The Morgan fingerprint density at radius 2 is 1.86 bits per heavy atom. The van der Waals surface area contributed by atoms with Crippen molar-refractivity contribution in [3.8, 4) is 17.2 Å². The molecule has 5 nitrogen and oxygen atoms in total. The molecular formula is C14H10Cl3NO4. The van der Waals surface area contributed by atoms with Gasteiger partial charge in [0.15, 0.2) is 0 Å². The third kappa shape index (κ3) is 4.16. The topological polar surface area (TPSA) is 61.6 Å². The molecule has 22 heavy (non-hydrogen) atoms. The molecule has 0 spiro atoms. The molecule has 0 saturated carbocycles. The van der Waals surface area contributed by atoms with Gasteiger partial charge in [0.05, 0.1) is 15.8 Å². The van der Waals surface area contributed by atoms with Crippen LogP contribution in [0.25, 0.3) is 0 Å². The van der Waals surface area contributed by atoms with Crippen LogP contribution in [-0.4, -0.2) is 17.4 Å². The summed E-state index contributed by atoms with van der Waals surface area (Å²) < 4.78 is 10.9. The van der Waals surface area contributed by atoms with Crippen molar-refractivity contribution in [3.63, 3.8) is 0 Å². The van der Waals surface area contributed by atoms with Crippen molar-refractivity contribution in [1.82, 2.24) is 0 Å². The van der Waals surface area contributed by atoms with Crippen molar-refractivity contribution in [2.24, 2.45) is 0 Å². The Morgan fingerprint density at radius 3 is 2.50 bits per heavy atom. The molecule has 0 fully saturated rings. The van der Waals surface area contributed by atoms with E-state index in [1.807, 2.05) is 0 Å². The third-order valence-electron chi connectivity index (χ3n) is 2.58. The minimum atomic E-state index is -0.539. The van der Waals surface area contributed by atoms with Crippen LogP contribution in [0.3, 0.4) is 0 Å². The Bertz CT molecular complexity index is 694. The Morgan fingerprint density at radius 1 is 1.09 bits per heavy atom. The number of nitro benzene ring substituents is 1. The van der Waals surface area contributed by atoms with Crippen LogP contribution < -0.4 is 9.47 Å². The maximum absolute atomic E-state index is 11.0. The van der Waals surface area contributed by atoms with Crippen molar-refractivity contribution < 1.29 is 14.4 Å². The first-order chi connectivity index (χ1) is 10.5. The van der Waals surface area contributed by atoms with Gasteiger partial charge in [-0.1, -0.05) is 23.2 Å². The molecule has 0 atom stereocenters. The van der Waals surface area contributed by atoms with Gasteiger partial charge >= 0.3 is 5.69 Å². The summed E-state index contributed by atoms with van der Waals surface area (Å²) in [6.45, 7) is 0.146. The van der Waals surface area contributed by atoms with E-state index in [-0.39, 0.29) is 23.9 Å². The van der Waals surface area contributed by atoms with Gasteiger partial charge in [-0.05, 0) is 24.3 Å². The number of halogens is 3. The van der Waals surface area contributed by atoms with E-state index in [4.69, 9.17) is 44.3 Å². The van der Waals surface area contributed by atoms with Gasteiger partial charge in [0.25, 0.3) is 0 Å². The summed E-state index contributed by atoms with van der Waals surface area (Å²) >= 11 is 17.4.